The number of halogens is 2. The number of hydrogen-bond donors (Lipinski definition) is 2. The van der Waals surface area contributed by atoms with Crippen LogP contribution in [0.3, 0.4) is 0 Å². The molecule has 0 heterocycles. The average Bonchev–Trinajstić information content (AvgIpc) is 2.49. The maximum absolute atomic E-state index is 13.6. The van der Waals surface area contributed by atoms with Crippen LogP contribution in [0.1, 0.15) is 6.92 Å². The van der Waals surface area contributed by atoms with E-state index in [1.54, 1.807) is 6.92 Å². The van der Waals surface area contributed by atoms with Gasteiger partial charge in [0.2, 0.25) is 15.9 Å². The van der Waals surface area contributed by atoms with Crippen molar-refractivity contribution in [2.45, 2.75) is 22.0 Å². The summed E-state index contributed by atoms with van der Waals surface area (Å²) >= 11 is 0.944. The molecule has 0 spiro atoms. The summed E-state index contributed by atoms with van der Waals surface area (Å²) < 4.78 is 48.8. The number of anilines is 1. The van der Waals surface area contributed by atoms with Crippen LogP contribution in [0.2, 0.25) is 0 Å². The Morgan fingerprint density at radius 3 is 2.33 bits per heavy atom. The van der Waals surface area contributed by atoms with Gasteiger partial charge in [0.15, 0.2) is 0 Å². The highest BCUT2D eigenvalue weighted by molar-refractivity contribution is 8.00. The predicted octanol–water partition coefficient (Wildman–Crippen LogP) is 2.73. The summed E-state index contributed by atoms with van der Waals surface area (Å²) in [6, 6.07) is 8.45. The molecule has 128 valence electrons. The second kappa shape index (κ2) is 7.29. The molecule has 0 radical (unpaired) electrons. The zero-order valence-electron chi connectivity index (χ0n) is 12.5. The van der Waals surface area contributed by atoms with E-state index in [9.17, 15) is 22.0 Å². The van der Waals surface area contributed by atoms with Gasteiger partial charge in [-0.15, -0.1) is 11.8 Å². The first-order chi connectivity index (χ1) is 11.2. The van der Waals surface area contributed by atoms with Crippen LogP contribution in [-0.4, -0.2) is 19.6 Å². The van der Waals surface area contributed by atoms with Crippen molar-refractivity contribution >= 4 is 33.4 Å². The Balaban J connectivity index is 2.03. The zero-order valence-corrected chi connectivity index (χ0v) is 14.1. The van der Waals surface area contributed by atoms with E-state index in [2.05, 4.69) is 5.32 Å². The van der Waals surface area contributed by atoms with Gasteiger partial charge in [-0.2, -0.15) is 0 Å². The third-order valence-electron chi connectivity index (χ3n) is 3.02. The molecule has 5 nitrogen and oxygen atoms in total. The molecule has 0 aromatic heterocycles. The molecule has 2 aromatic rings. The number of carbonyl (C=O) groups is 1. The van der Waals surface area contributed by atoms with Crippen molar-refractivity contribution in [1.82, 2.24) is 0 Å². The Hall–Kier alpha value is -1.97. The molecule has 2 rings (SSSR count). The van der Waals surface area contributed by atoms with E-state index in [1.165, 1.54) is 30.3 Å². The first-order valence-corrected chi connectivity index (χ1v) is 9.15. The lowest BCUT2D eigenvalue weighted by Gasteiger charge is -2.12. The van der Waals surface area contributed by atoms with Gasteiger partial charge in [-0.05, 0) is 43.3 Å². The molecule has 0 aliphatic rings. The van der Waals surface area contributed by atoms with Gasteiger partial charge in [-0.3, -0.25) is 4.79 Å². The largest absolute Gasteiger partial charge is 0.325 e. The van der Waals surface area contributed by atoms with Crippen LogP contribution in [0, 0.1) is 11.6 Å². The summed E-state index contributed by atoms with van der Waals surface area (Å²) in [5, 5.41) is 6.92. The number of rotatable bonds is 5. The van der Waals surface area contributed by atoms with Crippen LogP contribution < -0.4 is 10.5 Å². The van der Waals surface area contributed by atoms with Gasteiger partial charge >= 0.3 is 0 Å². The van der Waals surface area contributed by atoms with Crippen LogP contribution in [0.15, 0.2) is 52.3 Å². The van der Waals surface area contributed by atoms with E-state index < -0.39 is 32.8 Å². The van der Waals surface area contributed by atoms with Gasteiger partial charge in [0.1, 0.15) is 11.6 Å². The lowest BCUT2D eigenvalue weighted by Crippen LogP contribution is -2.22. The fraction of sp³-hybridized carbons (Fsp3) is 0.133. The van der Waals surface area contributed by atoms with Crippen molar-refractivity contribution in [1.29, 1.82) is 0 Å². The summed E-state index contributed by atoms with van der Waals surface area (Å²) in [7, 11) is -3.80. The van der Waals surface area contributed by atoms with Crippen molar-refractivity contribution in [2.75, 3.05) is 5.32 Å². The van der Waals surface area contributed by atoms with Gasteiger partial charge in [-0.25, -0.2) is 22.3 Å². The van der Waals surface area contributed by atoms with Crippen molar-refractivity contribution < 1.29 is 22.0 Å². The van der Waals surface area contributed by atoms with E-state index >= 15 is 0 Å². The molecular formula is C15H14F2N2O3S2. The molecule has 0 bridgehead atoms. The monoisotopic (exact) mass is 372 g/mol. The SMILES string of the molecule is C[C@H](Sc1ccc(F)cc1F)C(=O)Nc1ccc(S(N)(=O)=O)cc1. The Bertz CT molecular complexity index is 856. The predicted molar refractivity (Wildman–Crippen MR) is 88.1 cm³/mol. The van der Waals surface area contributed by atoms with E-state index in [4.69, 9.17) is 5.14 Å². The lowest BCUT2D eigenvalue weighted by atomic mass is 10.3. The van der Waals surface area contributed by atoms with Crippen molar-refractivity contribution in [3.8, 4) is 0 Å². The topological polar surface area (TPSA) is 89.3 Å². The minimum Gasteiger partial charge on any atom is -0.325 e. The fourth-order valence-corrected chi connectivity index (χ4v) is 3.17. The molecule has 3 N–H and O–H groups in total. The average molecular weight is 372 g/mol. The van der Waals surface area contributed by atoms with Gasteiger partial charge in [-0.1, -0.05) is 0 Å². The zero-order chi connectivity index (χ0) is 17.9. The molecule has 0 aliphatic heterocycles. The van der Waals surface area contributed by atoms with E-state index in [0.29, 0.717) is 5.69 Å². The minimum absolute atomic E-state index is 0.0729. The molecule has 1 atom stereocenters. The number of carbonyl (C=O) groups excluding carboxylic acids is 1. The maximum Gasteiger partial charge on any atom is 0.238 e. The quantitative estimate of drug-likeness (QED) is 0.790. The number of nitrogens with one attached hydrogen (secondary N) is 1. The molecular weight excluding hydrogens is 358 g/mol. The standard InChI is InChI=1S/C15H14F2N2O3S2/c1-9(23-14-7-2-10(16)8-13(14)17)15(20)19-11-3-5-12(6-4-11)24(18,21)22/h2-9H,1H3,(H,19,20)(H2,18,21,22)/t9-/m0/s1. The molecule has 9 heteroatoms. The van der Waals surface area contributed by atoms with Gasteiger partial charge in [0.05, 0.1) is 10.1 Å². The van der Waals surface area contributed by atoms with E-state index in [1.807, 2.05) is 0 Å². The summed E-state index contributed by atoms with van der Waals surface area (Å²) in [4.78, 5) is 12.2. The summed E-state index contributed by atoms with van der Waals surface area (Å²) in [5.41, 5.74) is 0.374. The molecule has 1 amide bonds. The third kappa shape index (κ3) is 4.76. The van der Waals surface area contributed by atoms with Gasteiger partial charge in [0, 0.05) is 16.6 Å². The number of primary sulfonamides is 1. The van der Waals surface area contributed by atoms with Crippen LogP contribution in [0.5, 0.6) is 0 Å². The third-order valence-corrected chi connectivity index (χ3v) is 5.10. The van der Waals surface area contributed by atoms with Crippen LogP contribution in [-0.2, 0) is 14.8 Å². The summed E-state index contributed by atoms with van der Waals surface area (Å²) in [6.07, 6.45) is 0. The second-order valence-corrected chi connectivity index (χ2v) is 7.84. The fourth-order valence-electron chi connectivity index (χ4n) is 1.79. The molecule has 24 heavy (non-hydrogen) atoms. The van der Waals surface area contributed by atoms with E-state index in [-0.39, 0.29) is 9.79 Å². The van der Waals surface area contributed by atoms with Crippen LogP contribution in [0.4, 0.5) is 14.5 Å². The number of thioether (sulfide) groups is 1. The summed E-state index contributed by atoms with van der Waals surface area (Å²) in [5.74, 6) is -1.84. The molecule has 2 aromatic carbocycles. The highest BCUT2D eigenvalue weighted by Gasteiger charge is 2.17. The van der Waals surface area contributed by atoms with Crippen molar-refractivity contribution in [3.05, 3.63) is 54.1 Å². The highest BCUT2D eigenvalue weighted by atomic mass is 32.2. The van der Waals surface area contributed by atoms with E-state index in [0.717, 1.165) is 23.9 Å². The van der Waals surface area contributed by atoms with Crippen LogP contribution in [0.25, 0.3) is 0 Å². The molecule has 0 saturated heterocycles. The Morgan fingerprint density at radius 2 is 1.79 bits per heavy atom. The number of amides is 1. The first kappa shape index (κ1) is 18.4. The van der Waals surface area contributed by atoms with Gasteiger partial charge < -0.3 is 5.32 Å². The normalized spacial score (nSPS) is 12.7. The number of hydrogen-bond acceptors (Lipinski definition) is 4. The summed E-state index contributed by atoms with van der Waals surface area (Å²) in [6.45, 7) is 1.57. The lowest BCUT2D eigenvalue weighted by molar-refractivity contribution is -0.115. The molecule has 0 saturated carbocycles. The van der Waals surface area contributed by atoms with Crippen LogP contribution >= 0.6 is 11.8 Å². The number of sulfonamides is 1. The van der Waals surface area contributed by atoms with Gasteiger partial charge in [0.25, 0.3) is 0 Å². The second-order valence-electron chi connectivity index (χ2n) is 4.89. The Labute approximate surface area is 142 Å². The number of nitrogens with two attached hydrogens (primary N) is 1. The first-order valence-electron chi connectivity index (χ1n) is 6.72. The highest BCUT2D eigenvalue weighted by Crippen LogP contribution is 2.27. The minimum atomic E-state index is -3.80. The van der Waals surface area contributed by atoms with Crippen molar-refractivity contribution in [2.24, 2.45) is 5.14 Å². The molecule has 0 unspecified atom stereocenters. The smallest absolute Gasteiger partial charge is 0.238 e. The Kier molecular flexibility index (Phi) is 5.58. The molecule has 0 fully saturated rings. The Morgan fingerprint density at radius 1 is 1.17 bits per heavy atom. The number of benzene rings is 2. The molecule has 0 aliphatic carbocycles. The maximum atomic E-state index is 13.6. The van der Waals surface area contributed by atoms with Crippen molar-refractivity contribution in [3.63, 3.8) is 0 Å².